The van der Waals surface area contributed by atoms with Gasteiger partial charge in [0.25, 0.3) is 5.56 Å². The predicted octanol–water partition coefficient (Wildman–Crippen LogP) is 2.68. The lowest BCUT2D eigenvalue weighted by molar-refractivity contribution is -0.146. The fraction of sp³-hybridized carbons (Fsp3) is 0.318. The number of esters is 1. The van der Waals surface area contributed by atoms with Crippen LogP contribution >= 0.6 is 0 Å². The van der Waals surface area contributed by atoms with E-state index in [1.165, 1.54) is 35.8 Å². The van der Waals surface area contributed by atoms with E-state index in [0.717, 1.165) is 0 Å². The zero-order valence-electron chi connectivity index (χ0n) is 17.7. The molecule has 0 spiro atoms. The average molecular weight is 462 g/mol. The van der Waals surface area contributed by atoms with E-state index in [1.807, 2.05) is 6.92 Å². The van der Waals surface area contributed by atoms with E-state index >= 15 is 0 Å². The third-order valence-corrected chi connectivity index (χ3v) is 6.29. The van der Waals surface area contributed by atoms with E-state index in [2.05, 4.69) is 9.71 Å². The van der Waals surface area contributed by atoms with Gasteiger partial charge in [0.1, 0.15) is 18.5 Å². The minimum absolute atomic E-state index is 0.0859. The van der Waals surface area contributed by atoms with Crippen LogP contribution in [0.3, 0.4) is 0 Å². The quantitative estimate of drug-likeness (QED) is 0.491. The Labute approximate surface area is 185 Å². The van der Waals surface area contributed by atoms with Crippen molar-refractivity contribution in [3.05, 3.63) is 70.5 Å². The van der Waals surface area contributed by atoms with Gasteiger partial charge in [-0.2, -0.15) is 0 Å². The summed E-state index contributed by atoms with van der Waals surface area (Å²) in [6, 6.07) is 10.8. The second-order valence-corrected chi connectivity index (χ2v) is 9.16. The average Bonchev–Trinajstić information content (AvgIpc) is 2.77. The van der Waals surface area contributed by atoms with Gasteiger partial charge in [0.2, 0.25) is 10.0 Å². The molecule has 0 radical (unpaired) electrons. The molecule has 0 fully saturated rings. The van der Waals surface area contributed by atoms with Crippen LogP contribution in [-0.2, 0) is 26.2 Å². The zero-order chi connectivity index (χ0) is 23.3. The number of hydrogen-bond acceptors (Lipinski definition) is 6. The van der Waals surface area contributed by atoms with Crippen molar-refractivity contribution in [1.29, 1.82) is 0 Å². The van der Waals surface area contributed by atoms with Crippen LogP contribution < -0.4 is 10.3 Å². The Kier molecular flexibility index (Phi) is 7.37. The van der Waals surface area contributed by atoms with E-state index in [0.29, 0.717) is 29.4 Å². The summed E-state index contributed by atoms with van der Waals surface area (Å²) in [6.07, 6.45) is 1.18. The molecule has 170 valence electrons. The van der Waals surface area contributed by atoms with Gasteiger partial charge in [0.05, 0.1) is 22.3 Å². The molecule has 0 aliphatic carbocycles. The van der Waals surface area contributed by atoms with E-state index in [-0.39, 0.29) is 18.2 Å². The Morgan fingerprint density at radius 2 is 1.88 bits per heavy atom. The SMILES string of the molecule is CCCCS(=O)(=O)N[C@H](C)C(=O)OCc1nc2ccccc2c(=O)n1-c1ccc(F)cc1. The summed E-state index contributed by atoms with van der Waals surface area (Å²) in [6.45, 7) is 2.87. The van der Waals surface area contributed by atoms with Gasteiger partial charge in [0, 0.05) is 0 Å². The first-order valence-corrected chi connectivity index (χ1v) is 11.8. The van der Waals surface area contributed by atoms with Gasteiger partial charge in [-0.15, -0.1) is 0 Å². The van der Waals surface area contributed by atoms with Gasteiger partial charge in [-0.1, -0.05) is 25.5 Å². The number of nitrogens with zero attached hydrogens (tertiary/aromatic N) is 2. The lowest BCUT2D eigenvalue weighted by Gasteiger charge is -2.16. The summed E-state index contributed by atoms with van der Waals surface area (Å²) < 4.78 is 46.2. The molecule has 0 amide bonds. The highest BCUT2D eigenvalue weighted by molar-refractivity contribution is 7.89. The highest BCUT2D eigenvalue weighted by atomic mass is 32.2. The maximum Gasteiger partial charge on any atom is 0.324 e. The Balaban J connectivity index is 1.88. The van der Waals surface area contributed by atoms with Crippen molar-refractivity contribution in [2.75, 3.05) is 5.75 Å². The summed E-state index contributed by atoms with van der Waals surface area (Å²) >= 11 is 0. The van der Waals surface area contributed by atoms with Gasteiger partial charge in [-0.25, -0.2) is 22.5 Å². The van der Waals surface area contributed by atoms with E-state index in [1.54, 1.807) is 24.3 Å². The number of carbonyl (C=O) groups is 1. The number of para-hydroxylation sites is 1. The molecule has 10 heteroatoms. The Hall–Kier alpha value is -3.11. The van der Waals surface area contributed by atoms with Crippen LogP contribution in [0.4, 0.5) is 4.39 Å². The molecule has 1 N–H and O–H groups in total. The second-order valence-electron chi connectivity index (χ2n) is 7.28. The Morgan fingerprint density at radius 1 is 1.19 bits per heavy atom. The number of ether oxygens (including phenoxy) is 1. The summed E-state index contributed by atoms with van der Waals surface area (Å²) in [5, 5.41) is 0.351. The van der Waals surface area contributed by atoms with Crippen LogP contribution in [0.1, 0.15) is 32.5 Å². The normalized spacial score (nSPS) is 12.6. The van der Waals surface area contributed by atoms with Crippen molar-refractivity contribution in [2.45, 2.75) is 39.3 Å². The monoisotopic (exact) mass is 461 g/mol. The van der Waals surface area contributed by atoms with Gasteiger partial charge < -0.3 is 4.74 Å². The van der Waals surface area contributed by atoms with Crippen LogP contribution in [0.2, 0.25) is 0 Å². The number of carbonyl (C=O) groups excluding carboxylic acids is 1. The molecule has 0 saturated carbocycles. The van der Waals surface area contributed by atoms with Crippen LogP contribution in [0.5, 0.6) is 0 Å². The molecule has 1 aromatic heterocycles. The number of aromatic nitrogens is 2. The van der Waals surface area contributed by atoms with E-state index in [9.17, 15) is 22.4 Å². The molecule has 8 nitrogen and oxygen atoms in total. The van der Waals surface area contributed by atoms with Gasteiger partial charge >= 0.3 is 5.97 Å². The van der Waals surface area contributed by atoms with Crippen LogP contribution in [0.15, 0.2) is 53.3 Å². The first-order valence-electron chi connectivity index (χ1n) is 10.1. The Morgan fingerprint density at radius 3 is 2.56 bits per heavy atom. The molecular weight excluding hydrogens is 437 g/mol. The van der Waals surface area contributed by atoms with Crippen molar-refractivity contribution >= 4 is 26.9 Å². The molecule has 0 unspecified atom stereocenters. The maximum absolute atomic E-state index is 13.4. The summed E-state index contributed by atoms with van der Waals surface area (Å²) in [4.78, 5) is 29.9. The van der Waals surface area contributed by atoms with Crippen LogP contribution in [0, 0.1) is 5.82 Å². The number of benzene rings is 2. The standard InChI is InChI=1S/C22H24FN3O5S/c1-3-4-13-32(29,30)25-15(2)22(28)31-14-20-24-19-8-6-5-7-18(19)21(27)26(20)17-11-9-16(23)10-12-17/h5-12,15,25H,3-4,13-14H2,1-2H3/t15-/m1/s1. The second kappa shape index (κ2) is 10.0. The Bertz CT molecular complexity index is 1270. The summed E-state index contributed by atoms with van der Waals surface area (Å²) in [5.41, 5.74) is 0.367. The third-order valence-electron chi connectivity index (χ3n) is 4.75. The van der Waals surface area contributed by atoms with Crippen molar-refractivity contribution in [2.24, 2.45) is 0 Å². The molecule has 0 bridgehead atoms. The van der Waals surface area contributed by atoms with Crippen molar-refractivity contribution < 1.29 is 22.3 Å². The first-order chi connectivity index (χ1) is 15.2. The van der Waals surface area contributed by atoms with Crippen LogP contribution in [-0.4, -0.2) is 35.7 Å². The van der Waals surface area contributed by atoms with Crippen LogP contribution in [0.25, 0.3) is 16.6 Å². The smallest absolute Gasteiger partial charge is 0.324 e. The molecule has 3 aromatic rings. The number of halogens is 1. The minimum Gasteiger partial charge on any atom is -0.456 e. The fourth-order valence-corrected chi connectivity index (χ4v) is 4.52. The minimum atomic E-state index is -3.62. The molecular formula is C22H24FN3O5S. The largest absolute Gasteiger partial charge is 0.456 e. The number of unbranched alkanes of at least 4 members (excludes halogenated alkanes) is 1. The zero-order valence-corrected chi connectivity index (χ0v) is 18.6. The van der Waals surface area contributed by atoms with Crippen molar-refractivity contribution in [1.82, 2.24) is 14.3 Å². The number of fused-ring (bicyclic) bond motifs is 1. The number of nitrogens with one attached hydrogen (secondary N) is 1. The summed E-state index contributed by atoms with van der Waals surface area (Å²) in [5.74, 6) is -1.24. The summed E-state index contributed by atoms with van der Waals surface area (Å²) in [7, 11) is -3.62. The molecule has 1 heterocycles. The fourth-order valence-electron chi connectivity index (χ4n) is 3.10. The third kappa shape index (κ3) is 5.57. The molecule has 32 heavy (non-hydrogen) atoms. The van der Waals surface area contributed by atoms with Gasteiger partial charge in [0.15, 0.2) is 5.82 Å². The predicted molar refractivity (Wildman–Crippen MR) is 118 cm³/mol. The molecule has 0 aliphatic heterocycles. The molecule has 0 aliphatic rings. The molecule has 3 rings (SSSR count). The van der Waals surface area contributed by atoms with Crippen molar-refractivity contribution in [3.8, 4) is 5.69 Å². The highest BCUT2D eigenvalue weighted by Crippen LogP contribution is 2.15. The number of rotatable bonds is 9. The van der Waals surface area contributed by atoms with E-state index in [4.69, 9.17) is 4.74 Å². The first kappa shape index (κ1) is 23.6. The van der Waals surface area contributed by atoms with E-state index < -0.39 is 33.4 Å². The lowest BCUT2D eigenvalue weighted by atomic mass is 10.2. The lowest BCUT2D eigenvalue weighted by Crippen LogP contribution is -2.40. The molecule has 2 aromatic carbocycles. The number of hydrogen-bond donors (Lipinski definition) is 1. The van der Waals surface area contributed by atoms with Gasteiger partial charge in [-0.3, -0.25) is 14.2 Å². The molecule has 1 atom stereocenters. The molecule has 0 saturated heterocycles. The highest BCUT2D eigenvalue weighted by Gasteiger charge is 2.22. The topological polar surface area (TPSA) is 107 Å². The number of sulfonamides is 1. The van der Waals surface area contributed by atoms with Gasteiger partial charge in [-0.05, 0) is 49.7 Å². The maximum atomic E-state index is 13.4. The van der Waals surface area contributed by atoms with Crippen molar-refractivity contribution in [3.63, 3.8) is 0 Å².